The minimum atomic E-state index is -0.353. The van der Waals surface area contributed by atoms with E-state index in [9.17, 15) is 5.26 Å². The molecule has 108 valence electrons. The summed E-state index contributed by atoms with van der Waals surface area (Å²) in [5.41, 5.74) is 1.69. The summed E-state index contributed by atoms with van der Waals surface area (Å²) in [6.45, 7) is 0. The van der Waals surface area contributed by atoms with Crippen molar-refractivity contribution in [2.75, 3.05) is 5.32 Å². The molecule has 0 bridgehead atoms. The average molecular weight is 298 g/mol. The molecule has 2 aromatic heterocycles. The molecule has 1 saturated carbocycles. The molecule has 5 heteroatoms. The Morgan fingerprint density at radius 2 is 2.19 bits per heavy atom. The molecule has 2 heterocycles. The van der Waals surface area contributed by atoms with E-state index >= 15 is 0 Å². The van der Waals surface area contributed by atoms with E-state index in [1.807, 2.05) is 29.9 Å². The third kappa shape index (κ3) is 3.40. The van der Waals surface area contributed by atoms with E-state index in [1.165, 1.54) is 5.01 Å². The van der Waals surface area contributed by atoms with Crippen LogP contribution < -0.4 is 5.32 Å². The van der Waals surface area contributed by atoms with Crippen molar-refractivity contribution in [2.45, 2.75) is 44.1 Å². The molecular weight excluding hydrogens is 280 g/mol. The molecule has 1 aliphatic rings. The molecule has 0 aliphatic heterocycles. The third-order valence-corrected chi connectivity index (χ3v) is 4.78. The molecule has 0 spiro atoms. The van der Waals surface area contributed by atoms with Crippen LogP contribution in [0.25, 0.3) is 0 Å². The quantitative estimate of drug-likeness (QED) is 0.885. The van der Waals surface area contributed by atoms with Crippen molar-refractivity contribution in [3.63, 3.8) is 0 Å². The first kappa shape index (κ1) is 14.0. The van der Waals surface area contributed by atoms with Gasteiger partial charge in [0.25, 0.3) is 0 Å². The number of rotatable bonds is 6. The summed E-state index contributed by atoms with van der Waals surface area (Å²) in [6, 6.07) is 6.46. The SMILES string of the molecule is N#CC1(Nc2ccc(CCCc3nccs3)nc2)CCC1. The van der Waals surface area contributed by atoms with E-state index in [0.29, 0.717) is 0 Å². The van der Waals surface area contributed by atoms with E-state index in [2.05, 4.69) is 21.4 Å². The molecule has 4 nitrogen and oxygen atoms in total. The molecule has 0 saturated heterocycles. The van der Waals surface area contributed by atoms with Crippen molar-refractivity contribution >= 4 is 17.0 Å². The minimum absolute atomic E-state index is 0.353. The van der Waals surface area contributed by atoms with Gasteiger partial charge in [-0.3, -0.25) is 4.98 Å². The highest BCUT2D eigenvalue weighted by molar-refractivity contribution is 7.09. The summed E-state index contributed by atoms with van der Waals surface area (Å²) in [5.74, 6) is 0. The van der Waals surface area contributed by atoms with Crippen LogP contribution in [0.15, 0.2) is 29.9 Å². The van der Waals surface area contributed by atoms with E-state index in [-0.39, 0.29) is 5.54 Å². The Kier molecular flexibility index (Phi) is 4.16. The third-order valence-electron chi connectivity index (χ3n) is 3.94. The normalized spacial score (nSPS) is 16.0. The van der Waals surface area contributed by atoms with Crippen LogP contribution in [0.5, 0.6) is 0 Å². The van der Waals surface area contributed by atoms with Crippen LogP contribution in [0.3, 0.4) is 0 Å². The first-order chi connectivity index (χ1) is 10.3. The second kappa shape index (κ2) is 6.23. The average Bonchev–Trinajstić information content (AvgIpc) is 2.98. The topological polar surface area (TPSA) is 61.6 Å². The second-order valence-corrected chi connectivity index (χ2v) is 6.47. The summed E-state index contributed by atoms with van der Waals surface area (Å²) in [5, 5.41) is 15.7. The Hall–Kier alpha value is -1.93. The number of aryl methyl sites for hydroxylation is 2. The fourth-order valence-corrected chi connectivity index (χ4v) is 3.18. The maximum absolute atomic E-state index is 9.22. The molecule has 1 aliphatic carbocycles. The van der Waals surface area contributed by atoms with Crippen LogP contribution in [0.1, 0.15) is 36.4 Å². The lowest BCUT2D eigenvalue weighted by Crippen LogP contribution is -2.43. The van der Waals surface area contributed by atoms with Gasteiger partial charge in [0, 0.05) is 17.3 Å². The van der Waals surface area contributed by atoms with Gasteiger partial charge < -0.3 is 5.32 Å². The van der Waals surface area contributed by atoms with Crippen LogP contribution in [0.4, 0.5) is 5.69 Å². The smallest absolute Gasteiger partial charge is 0.125 e. The molecule has 21 heavy (non-hydrogen) atoms. The lowest BCUT2D eigenvalue weighted by Gasteiger charge is -2.36. The number of hydrogen-bond acceptors (Lipinski definition) is 5. The van der Waals surface area contributed by atoms with Crippen molar-refractivity contribution < 1.29 is 0 Å². The highest BCUT2D eigenvalue weighted by Gasteiger charge is 2.36. The maximum atomic E-state index is 9.22. The number of pyridine rings is 1. The number of aromatic nitrogens is 2. The first-order valence-electron chi connectivity index (χ1n) is 7.32. The molecule has 3 rings (SSSR count). The van der Waals surface area contributed by atoms with Gasteiger partial charge in [-0.1, -0.05) is 0 Å². The number of nitrogens with zero attached hydrogens (tertiary/aromatic N) is 3. The van der Waals surface area contributed by atoms with Crippen LogP contribution in [-0.4, -0.2) is 15.5 Å². The number of hydrogen-bond donors (Lipinski definition) is 1. The number of nitrogens with one attached hydrogen (secondary N) is 1. The van der Waals surface area contributed by atoms with Crippen molar-refractivity contribution in [3.8, 4) is 6.07 Å². The monoisotopic (exact) mass is 298 g/mol. The molecule has 1 N–H and O–H groups in total. The van der Waals surface area contributed by atoms with E-state index in [0.717, 1.165) is 49.9 Å². The first-order valence-corrected chi connectivity index (χ1v) is 8.20. The zero-order valence-electron chi connectivity index (χ0n) is 11.9. The Labute approximate surface area is 128 Å². The van der Waals surface area contributed by atoms with E-state index in [4.69, 9.17) is 0 Å². The summed E-state index contributed by atoms with van der Waals surface area (Å²) < 4.78 is 0. The van der Waals surface area contributed by atoms with Gasteiger partial charge in [-0.2, -0.15) is 5.26 Å². The summed E-state index contributed by atoms with van der Waals surface area (Å²) in [6.07, 6.45) is 9.72. The van der Waals surface area contributed by atoms with Crippen molar-refractivity contribution in [2.24, 2.45) is 0 Å². The van der Waals surface area contributed by atoms with Crippen LogP contribution in [0.2, 0.25) is 0 Å². The largest absolute Gasteiger partial charge is 0.366 e. The van der Waals surface area contributed by atoms with Crippen molar-refractivity contribution in [3.05, 3.63) is 40.6 Å². The van der Waals surface area contributed by atoms with Gasteiger partial charge in [-0.05, 0) is 50.7 Å². The Morgan fingerprint density at radius 1 is 1.29 bits per heavy atom. The Morgan fingerprint density at radius 3 is 2.76 bits per heavy atom. The molecule has 0 radical (unpaired) electrons. The molecular formula is C16H18N4S. The molecule has 0 amide bonds. The standard InChI is InChI=1S/C16H18N4S/c17-12-16(7-2-8-16)20-14-6-5-13(19-11-14)3-1-4-15-18-9-10-21-15/h5-6,9-11,20H,1-4,7-8H2. The van der Waals surface area contributed by atoms with Crippen molar-refractivity contribution in [1.29, 1.82) is 5.26 Å². The molecule has 0 atom stereocenters. The fourth-order valence-electron chi connectivity index (χ4n) is 2.51. The molecule has 2 aromatic rings. The lowest BCUT2D eigenvalue weighted by molar-refractivity contribution is 0.356. The van der Waals surface area contributed by atoms with E-state index < -0.39 is 0 Å². The Bertz CT molecular complexity index is 609. The van der Waals surface area contributed by atoms with Gasteiger partial charge in [0.1, 0.15) is 5.54 Å². The van der Waals surface area contributed by atoms with Crippen molar-refractivity contribution in [1.82, 2.24) is 9.97 Å². The second-order valence-electron chi connectivity index (χ2n) is 5.49. The van der Waals surface area contributed by atoms with Crippen LogP contribution in [0, 0.1) is 11.3 Å². The summed E-state index contributed by atoms with van der Waals surface area (Å²) >= 11 is 1.71. The highest BCUT2D eigenvalue weighted by Crippen LogP contribution is 2.34. The lowest BCUT2D eigenvalue weighted by atomic mass is 9.78. The zero-order valence-corrected chi connectivity index (χ0v) is 12.7. The van der Waals surface area contributed by atoms with Gasteiger partial charge in [0.2, 0.25) is 0 Å². The maximum Gasteiger partial charge on any atom is 0.125 e. The summed E-state index contributed by atoms with van der Waals surface area (Å²) in [4.78, 5) is 8.77. The predicted molar refractivity (Wildman–Crippen MR) is 84.2 cm³/mol. The molecule has 1 fully saturated rings. The minimum Gasteiger partial charge on any atom is -0.366 e. The molecule has 0 unspecified atom stereocenters. The summed E-state index contributed by atoms with van der Waals surface area (Å²) in [7, 11) is 0. The highest BCUT2D eigenvalue weighted by atomic mass is 32.1. The van der Waals surface area contributed by atoms with Gasteiger partial charge in [-0.25, -0.2) is 4.98 Å². The van der Waals surface area contributed by atoms with Gasteiger partial charge in [0.15, 0.2) is 0 Å². The predicted octanol–water partition coefficient (Wildman–Crippen LogP) is 3.57. The van der Waals surface area contributed by atoms with Gasteiger partial charge in [-0.15, -0.1) is 11.3 Å². The van der Waals surface area contributed by atoms with Gasteiger partial charge in [0.05, 0.1) is 23.0 Å². The number of thiazole rings is 1. The zero-order chi connectivity index (χ0) is 14.5. The number of anilines is 1. The van der Waals surface area contributed by atoms with Gasteiger partial charge >= 0.3 is 0 Å². The van der Waals surface area contributed by atoms with Crippen LogP contribution in [-0.2, 0) is 12.8 Å². The Balaban J connectivity index is 1.51. The van der Waals surface area contributed by atoms with Crippen LogP contribution >= 0.6 is 11.3 Å². The number of nitriles is 1. The van der Waals surface area contributed by atoms with E-state index in [1.54, 1.807) is 11.3 Å². The molecule has 0 aromatic carbocycles. The fraction of sp³-hybridized carbons (Fsp3) is 0.438.